The van der Waals surface area contributed by atoms with Gasteiger partial charge in [0.1, 0.15) is 17.4 Å². The molecule has 3 aliphatic heterocycles. The highest BCUT2D eigenvalue weighted by Gasteiger charge is 2.62. The largest absolute Gasteiger partial charge is 0.497 e. The Morgan fingerprint density at radius 1 is 1.40 bits per heavy atom. The second-order valence-corrected chi connectivity index (χ2v) is 5.60. The van der Waals surface area contributed by atoms with Crippen molar-refractivity contribution in [3.8, 4) is 5.75 Å². The summed E-state index contributed by atoms with van der Waals surface area (Å²) in [4.78, 5) is 25.8. The van der Waals surface area contributed by atoms with Crippen molar-refractivity contribution in [2.75, 3.05) is 13.7 Å². The average Bonchev–Trinajstić information content (AvgIpc) is 2.88. The number of rotatable bonds is 1. The number of fused-ring (bicyclic) bond motifs is 1. The predicted molar refractivity (Wildman–Crippen MR) is 69.2 cm³/mol. The number of methoxy groups -OCH3 is 1. The molecule has 0 N–H and O–H groups in total. The minimum Gasteiger partial charge on any atom is -0.497 e. The van der Waals surface area contributed by atoms with E-state index in [1.54, 1.807) is 7.11 Å². The third-order valence-electron chi connectivity index (χ3n) is 4.75. The van der Waals surface area contributed by atoms with Crippen molar-refractivity contribution in [1.29, 1.82) is 0 Å². The van der Waals surface area contributed by atoms with Crippen LogP contribution in [0.5, 0.6) is 5.75 Å². The minimum absolute atomic E-state index is 0.0870. The number of benzene rings is 1. The van der Waals surface area contributed by atoms with Gasteiger partial charge in [-0.1, -0.05) is 6.07 Å². The van der Waals surface area contributed by atoms with Gasteiger partial charge in [-0.05, 0) is 29.7 Å². The third kappa shape index (κ3) is 1.27. The predicted octanol–water partition coefficient (Wildman–Crippen LogP) is 0.994. The lowest BCUT2D eigenvalue weighted by Crippen LogP contribution is -2.50. The lowest BCUT2D eigenvalue weighted by Gasteiger charge is -2.41. The van der Waals surface area contributed by atoms with E-state index >= 15 is 0 Å². The summed E-state index contributed by atoms with van der Waals surface area (Å²) in [6.45, 7) is 0.645. The summed E-state index contributed by atoms with van der Waals surface area (Å²) < 4.78 is 10.7. The summed E-state index contributed by atoms with van der Waals surface area (Å²) in [6, 6.07) is 5.87. The van der Waals surface area contributed by atoms with Gasteiger partial charge in [-0.3, -0.25) is 9.59 Å². The van der Waals surface area contributed by atoms with E-state index < -0.39 is 5.54 Å². The lowest BCUT2D eigenvalue weighted by molar-refractivity contribution is -0.142. The summed E-state index contributed by atoms with van der Waals surface area (Å²) in [5.41, 5.74) is 1.62. The molecule has 0 aliphatic carbocycles. The second-order valence-electron chi connectivity index (χ2n) is 5.60. The van der Waals surface area contributed by atoms with Crippen molar-refractivity contribution in [3.63, 3.8) is 0 Å². The fourth-order valence-electron chi connectivity index (χ4n) is 3.90. The standard InChI is InChI=1S/C15H15NO4/c1-19-10-2-3-11-9(6-10)4-5-16-13(17)7-12-15(11,16)8-14(18)20-12/h2-3,6,12H,4-5,7-8H2,1H3/t12-,15+/m0/s1. The van der Waals surface area contributed by atoms with Gasteiger partial charge in [-0.15, -0.1) is 0 Å². The number of hydrogen-bond acceptors (Lipinski definition) is 4. The molecule has 0 unspecified atom stereocenters. The number of carbonyl (C=O) groups is 2. The molecule has 2 atom stereocenters. The molecule has 1 spiro atoms. The quantitative estimate of drug-likeness (QED) is 0.716. The normalized spacial score (nSPS) is 30.6. The Kier molecular flexibility index (Phi) is 2.20. The van der Waals surface area contributed by atoms with Crippen LogP contribution in [0.25, 0.3) is 0 Å². The SMILES string of the molecule is COc1ccc2c(c1)CCN1C(=O)C[C@@H]3OC(=O)C[C@@]231. The molecule has 104 valence electrons. The molecule has 5 nitrogen and oxygen atoms in total. The van der Waals surface area contributed by atoms with E-state index in [9.17, 15) is 9.59 Å². The topological polar surface area (TPSA) is 55.8 Å². The van der Waals surface area contributed by atoms with Gasteiger partial charge in [0, 0.05) is 6.54 Å². The van der Waals surface area contributed by atoms with Crippen LogP contribution in [0.3, 0.4) is 0 Å². The van der Waals surface area contributed by atoms with Crippen LogP contribution in [0.4, 0.5) is 0 Å². The fraction of sp³-hybridized carbons (Fsp3) is 0.467. The fourth-order valence-corrected chi connectivity index (χ4v) is 3.90. The average molecular weight is 273 g/mol. The molecular formula is C15H15NO4. The molecule has 2 fully saturated rings. The zero-order valence-electron chi connectivity index (χ0n) is 11.2. The molecule has 20 heavy (non-hydrogen) atoms. The van der Waals surface area contributed by atoms with Gasteiger partial charge in [0.15, 0.2) is 0 Å². The summed E-state index contributed by atoms with van der Waals surface area (Å²) in [7, 11) is 1.64. The molecule has 1 aromatic carbocycles. The van der Waals surface area contributed by atoms with Crippen LogP contribution in [-0.2, 0) is 26.3 Å². The van der Waals surface area contributed by atoms with E-state index in [-0.39, 0.29) is 24.4 Å². The van der Waals surface area contributed by atoms with Crippen LogP contribution in [0.1, 0.15) is 24.0 Å². The number of nitrogens with zero attached hydrogens (tertiary/aromatic N) is 1. The molecule has 4 rings (SSSR count). The minimum atomic E-state index is -0.575. The summed E-state index contributed by atoms with van der Waals surface area (Å²) in [5, 5.41) is 0. The van der Waals surface area contributed by atoms with Crippen molar-refractivity contribution >= 4 is 11.9 Å². The first-order valence-corrected chi connectivity index (χ1v) is 6.82. The zero-order valence-corrected chi connectivity index (χ0v) is 11.2. The van der Waals surface area contributed by atoms with Crippen molar-refractivity contribution in [3.05, 3.63) is 29.3 Å². The van der Waals surface area contributed by atoms with E-state index in [1.807, 2.05) is 23.1 Å². The van der Waals surface area contributed by atoms with Crippen LogP contribution in [0.2, 0.25) is 0 Å². The molecule has 1 amide bonds. The maximum Gasteiger partial charge on any atom is 0.309 e. The Hall–Kier alpha value is -2.04. The molecule has 0 radical (unpaired) electrons. The van der Waals surface area contributed by atoms with E-state index in [1.165, 1.54) is 0 Å². The molecular weight excluding hydrogens is 258 g/mol. The van der Waals surface area contributed by atoms with Crippen molar-refractivity contribution in [1.82, 2.24) is 4.90 Å². The van der Waals surface area contributed by atoms with Crippen LogP contribution in [-0.4, -0.2) is 36.5 Å². The van der Waals surface area contributed by atoms with Crippen molar-refractivity contribution < 1.29 is 19.1 Å². The van der Waals surface area contributed by atoms with Gasteiger partial charge in [-0.2, -0.15) is 0 Å². The number of amides is 1. The number of esters is 1. The summed E-state index contributed by atoms with van der Waals surface area (Å²) >= 11 is 0. The van der Waals surface area contributed by atoms with Gasteiger partial charge in [0.05, 0.1) is 20.0 Å². The molecule has 3 aliphatic rings. The van der Waals surface area contributed by atoms with E-state index in [0.29, 0.717) is 13.0 Å². The first kappa shape index (κ1) is 11.8. The van der Waals surface area contributed by atoms with Gasteiger partial charge in [0.2, 0.25) is 5.91 Å². The number of carbonyl (C=O) groups excluding carboxylic acids is 2. The molecule has 0 aromatic heterocycles. The highest BCUT2D eigenvalue weighted by molar-refractivity contribution is 5.87. The molecule has 0 saturated carbocycles. The van der Waals surface area contributed by atoms with Crippen LogP contribution in [0, 0.1) is 0 Å². The van der Waals surface area contributed by atoms with Crippen molar-refractivity contribution in [2.24, 2.45) is 0 Å². The molecule has 3 heterocycles. The van der Waals surface area contributed by atoms with Crippen molar-refractivity contribution in [2.45, 2.75) is 30.9 Å². The zero-order chi connectivity index (χ0) is 13.9. The summed E-state index contributed by atoms with van der Waals surface area (Å²) in [6.07, 6.45) is 1.02. The Balaban J connectivity index is 1.91. The van der Waals surface area contributed by atoms with Crippen LogP contribution >= 0.6 is 0 Å². The first-order valence-electron chi connectivity index (χ1n) is 6.82. The van der Waals surface area contributed by atoms with Gasteiger partial charge >= 0.3 is 5.97 Å². The molecule has 0 bridgehead atoms. The Morgan fingerprint density at radius 3 is 3.05 bits per heavy atom. The Labute approximate surface area is 116 Å². The van der Waals surface area contributed by atoms with Crippen LogP contribution < -0.4 is 4.74 Å². The number of hydrogen-bond donors (Lipinski definition) is 0. The van der Waals surface area contributed by atoms with Gasteiger partial charge < -0.3 is 14.4 Å². The molecule has 5 heteroatoms. The first-order chi connectivity index (χ1) is 9.65. The monoisotopic (exact) mass is 273 g/mol. The lowest BCUT2D eigenvalue weighted by atomic mass is 9.78. The molecule has 2 saturated heterocycles. The van der Waals surface area contributed by atoms with Gasteiger partial charge in [0.25, 0.3) is 0 Å². The Morgan fingerprint density at radius 2 is 2.25 bits per heavy atom. The maximum atomic E-state index is 12.2. The van der Waals surface area contributed by atoms with Crippen LogP contribution in [0.15, 0.2) is 18.2 Å². The maximum absolute atomic E-state index is 12.2. The van der Waals surface area contributed by atoms with E-state index in [0.717, 1.165) is 23.3 Å². The highest BCUT2D eigenvalue weighted by atomic mass is 16.6. The third-order valence-corrected chi connectivity index (χ3v) is 4.75. The molecule has 1 aromatic rings. The van der Waals surface area contributed by atoms with Gasteiger partial charge in [-0.25, -0.2) is 0 Å². The van der Waals surface area contributed by atoms with E-state index in [2.05, 4.69) is 0 Å². The summed E-state index contributed by atoms with van der Waals surface area (Å²) in [5.74, 6) is 0.680. The smallest absolute Gasteiger partial charge is 0.309 e. The van der Waals surface area contributed by atoms with E-state index in [4.69, 9.17) is 9.47 Å². The Bertz CT molecular complexity index is 626. The highest BCUT2D eigenvalue weighted by Crippen LogP contribution is 2.51. The second kappa shape index (κ2) is 3.75. The number of ether oxygens (including phenoxy) is 2.